The second-order valence-electron chi connectivity index (χ2n) is 7.67. The van der Waals surface area contributed by atoms with Gasteiger partial charge in [-0.05, 0) is 25.0 Å². The van der Waals surface area contributed by atoms with Crippen LogP contribution in [0.2, 0.25) is 5.15 Å². The topological polar surface area (TPSA) is 78.5 Å². The molecule has 4 aromatic rings. The maximum Gasteiger partial charge on any atom is 0.357 e. The Bertz CT molecular complexity index is 1290. The van der Waals surface area contributed by atoms with Crippen molar-refractivity contribution in [2.75, 3.05) is 6.61 Å². The molecule has 0 atom stereocenters. The molecule has 8 heteroatoms. The van der Waals surface area contributed by atoms with E-state index >= 15 is 0 Å². The maximum absolute atomic E-state index is 12.9. The molecule has 0 amide bonds. The van der Waals surface area contributed by atoms with Crippen molar-refractivity contribution in [1.29, 1.82) is 0 Å². The van der Waals surface area contributed by atoms with E-state index in [9.17, 15) is 9.59 Å². The summed E-state index contributed by atoms with van der Waals surface area (Å²) in [6.07, 6.45) is 5.27. The number of rotatable bonds is 9. The fraction of sp³-hybridized carbons (Fsp3) is 0.280. The Morgan fingerprint density at radius 2 is 1.91 bits per heavy atom. The summed E-state index contributed by atoms with van der Waals surface area (Å²) >= 11 is 6.22. The zero-order valence-electron chi connectivity index (χ0n) is 18.6. The van der Waals surface area contributed by atoms with Crippen molar-refractivity contribution in [3.8, 4) is 11.3 Å². The molecule has 1 aromatic carbocycles. The van der Waals surface area contributed by atoms with Crippen molar-refractivity contribution in [3.05, 3.63) is 76.6 Å². The molecule has 0 spiro atoms. The van der Waals surface area contributed by atoms with Gasteiger partial charge in [-0.15, -0.1) is 0 Å². The smallest absolute Gasteiger partial charge is 0.357 e. The highest BCUT2D eigenvalue weighted by atomic mass is 35.5. The van der Waals surface area contributed by atoms with Crippen molar-refractivity contribution in [2.24, 2.45) is 0 Å². The number of esters is 1. The van der Waals surface area contributed by atoms with E-state index < -0.39 is 5.97 Å². The minimum absolute atomic E-state index is 0.207. The van der Waals surface area contributed by atoms with E-state index in [1.807, 2.05) is 53.2 Å². The Hall–Kier alpha value is -3.45. The quantitative estimate of drug-likeness (QED) is 0.250. The summed E-state index contributed by atoms with van der Waals surface area (Å²) in [6, 6.07) is 13.3. The van der Waals surface area contributed by atoms with E-state index in [1.54, 1.807) is 11.3 Å². The molecule has 0 unspecified atom stereocenters. The number of imidazole rings is 2. The predicted molar refractivity (Wildman–Crippen MR) is 127 cm³/mol. The van der Waals surface area contributed by atoms with Crippen LogP contribution in [-0.2, 0) is 17.7 Å². The van der Waals surface area contributed by atoms with E-state index in [2.05, 4.69) is 11.9 Å². The van der Waals surface area contributed by atoms with Crippen LogP contribution in [0.3, 0.4) is 0 Å². The fourth-order valence-corrected chi connectivity index (χ4v) is 4.10. The van der Waals surface area contributed by atoms with Crippen LogP contribution >= 0.6 is 11.6 Å². The van der Waals surface area contributed by atoms with Gasteiger partial charge in [-0.3, -0.25) is 9.20 Å². The molecule has 0 saturated carbocycles. The Balaban J connectivity index is 1.81. The van der Waals surface area contributed by atoms with Crippen molar-refractivity contribution in [2.45, 2.75) is 39.7 Å². The Morgan fingerprint density at radius 1 is 1.12 bits per heavy atom. The molecule has 0 bridgehead atoms. The number of carbonyl (C=O) groups excluding carboxylic acids is 2. The standard InChI is InChI=1S/C25H25ClN4O3/c1-3-5-11-20-28-24(26)19(16-31)29(20)14-17-12-13-21-27-22(18-9-7-6-8-10-18)23(30(21)15-17)25(32)33-4-2/h6-10,12-13,15-16H,3-5,11,14H2,1-2H3. The number of carbonyl (C=O) groups is 2. The lowest BCUT2D eigenvalue weighted by molar-refractivity contribution is 0.0519. The van der Waals surface area contributed by atoms with Gasteiger partial charge in [0.15, 0.2) is 17.1 Å². The summed E-state index contributed by atoms with van der Waals surface area (Å²) in [5, 5.41) is 0.207. The summed E-state index contributed by atoms with van der Waals surface area (Å²) in [4.78, 5) is 33.7. The van der Waals surface area contributed by atoms with Gasteiger partial charge in [0, 0.05) is 18.2 Å². The molecule has 170 valence electrons. The number of halogens is 1. The van der Waals surface area contributed by atoms with Gasteiger partial charge in [0.2, 0.25) is 0 Å². The van der Waals surface area contributed by atoms with Crippen LogP contribution < -0.4 is 0 Å². The second kappa shape index (κ2) is 10.0. The number of nitrogens with zero attached hydrogens (tertiary/aromatic N) is 4. The van der Waals surface area contributed by atoms with Gasteiger partial charge in [0.05, 0.1) is 13.2 Å². The number of aryl methyl sites for hydroxylation is 1. The third-order valence-electron chi connectivity index (χ3n) is 5.44. The second-order valence-corrected chi connectivity index (χ2v) is 8.03. The number of pyridine rings is 1. The molecule has 0 aliphatic heterocycles. The van der Waals surface area contributed by atoms with Crippen LogP contribution in [0, 0.1) is 0 Å². The number of hydrogen-bond acceptors (Lipinski definition) is 5. The van der Waals surface area contributed by atoms with E-state index in [0.29, 0.717) is 29.3 Å². The first-order valence-electron chi connectivity index (χ1n) is 11.0. The monoisotopic (exact) mass is 464 g/mol. The van der Waals surface area contributed by atoms with Gasteiger partial charge in [-0.1, -0.05) is 61.3 Å². The number of aromatic nitrogens is 4. The van der Waals surface area contributed by atoms with Crippen molar-refractivity contribution >= 4 is 29.5 Å². The largest absolute Gasteiger partial charge is 0.461 e. The zero-order valence-corrected chi connectivity index (χ0v) is 19.4. The van der Waals surface area contributed by atoms with Gasteiger partial charge < -0.3 is 9.30 Å². The molecule has 0 saturated heterocycles. The number of fused-ring (bicyclic) bond motifs is 1. The highest BCUT2D eigenvalue weighted by Gasteiger charge is 2.22. The molecule has 0 radical (unpaired) electrons. The average molecular weight is 465 g/mol. The van der Waals surface area contributed by atoms with Gasteiger partial charge in [-0.2, -0.15) is 0 Å². The molecule has 3 aromatic heterocycles. The van der Waals surface area contributed by atoms with Gasteiger partial charge in [0.25, 0.3) is 0 Å². The van der Waals surface area contributed by atoms with Gasteiger partial charge in [-0.25, -0.2) is 14.8 Å². The SMILES string of the molecule is CCCCc1nc(Cl)c(C=O)n1Cc1ccc2nc(-c3ccccc3)c(C(=O)OCC)n2c1. The summed E-state index contributed by atoms with van der Waals surface area (Å²) in [6.45, 7) is 4.53. The number of aldehydes is 1. The van der Waals surface area contributed by atoms with E-state index in [1.165, 1.54) is 0 Å². The molecule has 4 rings (SSSR count). The lowest BCUT2D eigenvalue weighted by Gasteiger charge is -2.11. The fourth-order valence-electron chi connectivity index (χ4n) is 3.85. The first kappa shape index (κ1) is 22.7. The summed E-state index contributed by atoms with van der Waals surface area (Å²) in [5.74, 6) is 0.328. The van der Waals surface area contributed by atoms with Crippen LogP contribution in [0.4, 0.5) is 0 Å². The van der Waals surface area contributed by atoms with Crippen LogP contribution in [0.5, 0.6) is 0 Å². The molecular weight excluding hydrogens is 440 g/mol. The minimum atomic E-state index is -0.441. The highest BCUT2D eigenvalue weighted by Crippen LogP contribution is 2.26. The minimum Gasteiger partial charge on any atom is -0.461 e. The Kier molecular flexibility index (Phi) is 6.89. The molecule has 3 heterocycles. The van der Waals surface area contributed by atoms with Crippen LogP contribution in [0.15, 0.2) is 48.7 Å². The highest BCUT2D eigenvalue weighted by molar-refractivity contribution is 6.31. The maximum atomic E-state index is 12.9. The molecule has 7 nitrogen and oxygen atoms in total. The first-order valence-corrected chi connectivity index (χ1v) is 11.4. The Labute approximate surface area is 197 Å². The van der Waals surface area contributed by atoms with Crippen molar-refractivity contribution < 1.29 is 14.3 Å². The number of ether oxygens (including phenoxy) is 1. The lowest BCUT2D eigenvalue weighted by atomic mass is 10.1. The third kappa shape index (κ3) is 4.54. The zero-order chi connectivity index (χ0) is 23.4. The summed E-state index contributed by atoms with van der Waals surface area (Å²) in [7, 11) is 0. The third-order valence-corrected chi connectivity index (χ3v) is 5.72. The van der Waals surface area contributed by atoms with Crippen LogP contribution in [-0.4, -0.2) is 37.8 Å². The average Bonchev–Trinajstić information content (AvgIpc) is 3.35. The van der Waals surface area contributed by atoms with Gasteiger partial charge >= 0.3 is 5.97 Å². The number of benzene rings is 1. The molecule has 0 fully saturated rings. The summed E-state index contributed by atoms with van der Waals surface area (Å²) < 4.78 is 8.93. The summed E-state index contributed by atoms with van der Waals surface area (Å²) in [5.41, 5.74) is 3.62. The van der Waals surface area contributed by atoms with Gasteiger partial charge in [0.1, 0.15) is 22.9 Å². The lowest BCUT2D eigenvalue weighted by Crippen LogP contribution is -2.12. The predicted octanol–water partition coefficient (Wildman–Crippen LogP) is 5.23. The van der Waals surface area contributed by atoms with E-state index in [-0.39, 0.29) is 11.8 Å². The van der Waals surface area contributed by atoms with Crippen LogP contribution in [0.1, 0.15) is 59.1 Å². The molecule has 0 aliphatic rings. The van der Waals surface area contributed by atoms with Crippen LogP contribution in [0.25, 0.3) is 16.9 Å². The Morgan fingerprint density at radius 3 is 2.61 bits per heavy atom. The van der Waals surface area contributed by atoms with E-state index in [0.717, 1.165) is 42.5 Å². The number of hydrogen-bond donors (Lipinski definition) is 0. The first-order chi connectivity index (χ1) is 16.1. The normalized spacial score (nSPS) is 11.1. The van der Waals surface area contributed by atoms with Crippen molar-refractivity contribution in [1.82, 2.24) is 18.9 Å². The molecule has 0 aliphatic carbocycles. The molecule has 33 heavy (non-hydrogen) atoms. The molecular formula is C25H25ClN4O3. The van der Waals surface area contributed by atoms with E-state index in [4.69, 9.17) is 21.3 Å². The number of unbranched alkanes of at least 4 members (excludes halogenated alkanes) is 1. The van der Waals surface area contributed by atoms with Crippen molar-refractivity contribution in [3.63, 3.8) is 0 Å². The molecule has 0 N–H and O–H groups in total.